The van der Waals surface area contributed by atoms with E-state index in [2.05, 4.69) is 15.4 Å². The van der Waals surface area contributed by atoms with Gasteiger partial charge in [-0.05, 0) is 60.2 Å². The molecule has 0 saturated heterocycles. The molecule has 0 saturated carbocycles. The van der Waals surface area contributed by atoms with Crippen LogP contribution in [-0.4, -0.2) is 28.4 Å². The molecule has 5 rings (SSSR count). The van der Waals surface area contributed by atoms with Crippen molar-refractivity contribution in [3.63, 3.8) is 0 Å². The molecule has 0 aliphatic heterocycles. The zero-order valence-electron chi connectivity index (χ0n) is 21.4. The molecule has 7 nitrogen and oxygen atoms in total. The Labute approximate surface area is 240 Å². The average Bonchev–Trinajstić information content (AvgIpc) is 2.97. The van der Waals surface area contributed by atoms with Crippen LogP contribution < -0.4 is 15.6 Å². The first kappa shape index (κ1) is 28.5. The number of alkyl halides is 3. The molecule has 0 radical (unpaired) electrons. The lowest BCUT2D eigenvalue weighted by Crippen LogP contribution is -2.21. The fourth-order valence-electron chi connectivity index (χ4n) is 3.98. The number of aromatic nitrogens is 2. The Hall–Kier alpha value is -5.03. The minimum absolute atomic E-state index is 0.00619. The Morgan fingerprint density at radius 1 is 1.00 bits per heavy atom. The molecule has 0 aliphatic carbocycles. The molecule has 0 fully saturated rings. The van der Waals surface area contributed by atoms with Gasteiger partial charge in [-0.2, -0.15) is 22.9 Å². The maximum absolute atomic E-state index is 13.7. The lowest BCUT2D eigenvalue weighted by Gasteiger charge is -2.12. The van der Waals surface area contributed by atoms with E-state index in [0.717, 1.165) is 16.8 Å². The quantitative estimate of drug-likeness (QED) is 0.166. The molecule has 0 bridgehead atoms. The van der Waals surface area contributed by atoms with E-state index in [9.17, 15) is 27.2 Å². The van der Waals surface area contributed by atoms with Gasteiger partial charge in [0.2, 0.25) is 0 Å². The van der Waals surface area contributed by atoms with Crippen molar-refractivity contribution in [1.29, 1.82) is 0 Å². The Bertz CT molecular complexity index is 1890. The predicted octanol–water partition coefficient (Wildman–Crippen LogP) is 6.77. The van der Waals surface area contributed by atoms with E-state index in [1.54, 1.807) is 30.3 Å². The number of rotatable bonds is 7. The first-order valence-corrected chi connectivity index (χ1v) is 12.7. The van der Waals surface area contributed by atoms with Crippen molar-refractivity contribution in [3.05, 3.63) is 123 Å². The summed E-state index contributed by atoms with van der Waals surface area (Å²) >= 11 is 6.31. The van der Waals surface area contributed by atoms with Crippen molar-refractivity contribution in [2.24, 2.45) is 5.10 Å². The highest BCUT2D eigenvalue weighted by atomic mass is 35.5. The summed E-state index contributed by atoms with van der Waals surface area (Å²) in [5.41, 5.74) is -0.728. The molecule has 5 aromatic rings. The largest absolute Gasteiger partial charge is 0.482 e. The van der Waals surface area contributed by atoms with E-state index in [0.29, 0.717) is 11.1 Å². The molecule has 0 unspecified atom stereocenters. The number of para-hydroxylation sites is 2. The Morgan fingerprint density at radius 3 is 2.52 bits per heavy atom. The molecule has 4 aromatic carbocycles. The fourth-order valence-corrected chi connectivity index (χ4v) is 4.23. The van der Waals surface area contributed by atoms with Crippen LogP contribution in [0.3, 0.4) is 0 Å². The second-order valence-corrected chi connectivity index (χ2v) is 9.31. The highest BCUT2D eigenvalue weighted by Gasteiger charge is 2.31. The first-order chi connectivity index (χ1) is 20.1. The zero-order chi connectivity index (χ0) is 29.9. The van der Waals surface area contributed by atoms with Crippen LogP contribution in [0.15, 0.2) is 101 Å². The molecule has 0 aliphatic rings. The number of amides is 1. The molecule has 1 heterocycles. The SMILES string of the molecule is O=C(COc1ccc(C=Nn2c(-c3cccc(C(F)(F)F)c3)nc3ccccc3c2=O)cc1Cl)Nc1ccccc1F. The molecule has 42 heavy (non-hydrogen) atoms. The summed E-state index contributed by atoms with van der Waals surface area (Å²) in [7, 11) is 0. The Morgan fingerprint density at radius 2 is 1.76 bits per heavy atom. The second kappa shape index (κ2) is 11.8. The van der Waals surface area contributed by atoms with Crippen LogP contribution >= 0.6 is 11.6 Å². The number of halogens is 5. The average molecular weight is 595 g/mol. The minimum Gasteiger partial charge on any atom is -0.482 e. The van der Waals surface area contributed by atoms with E-state index in [-0.39, 0.29) is 33.2 Å². The Balaban J connectivity index is 1.41. The van der Waals surface area contributed by atoms with Gasteiger partial charge in [-0.3, -0.25) is 9.59 Å². The number of hydrogen-bond acceptors (Lipinski definition) is 5. The van der Waals surface area contributed by atoms with Gasteiger partial charge in [0.1, 0.15) is 11.6 Å². The van der Waals surface area contributed by atoms with Crippen LogP contribution in [0.2, 0.25) is 5.02 Å². The van der Waals surface area contributed by atoms with E-state index in [4.69, 9.17) is 16.3 Å². The molecule has 1 amide bonds. The molecule has 0 atom stereocenters. The predicted molar refractivity (Wildman–Crippen MR) is 151 cm³/mol. The number of nitrogens with one attached hydrogen (secondary N) is 1. The molecule has 0 spiro atoms. The third-order valence-corrected chi connectivity index (χ3v) is 6.28. The fraction of sp³-hybridized carbons (Fsp3) is 0.0667. The zero-order valence-corrected chi connectivity index (χ0v) is 22.2. The van der Waals surface area contributed by atoms with E-state index >= 15 is 0 Å². The standard InChI is InChI=1S/C30H19ClF4N4O3/c31-22-14-18(12-13-26(22)42-17-27(40)37-25-11-4-2-9-23(25)32)16-36-39-28(19-6-5-7-20(15-19)30(33,34)35)38-24-10-3-1-8-21(24)29(39)41/h1-16H,17H2,(H,37,40). The van der Waals surface area contributed by atoms with Crippen LogP contribution in [0.4, 0.5) is 23.2 Å². The van der Waals surface area contributed by atoms with Gasteiger partial charge in [0.15, 0.2) is 12.4 Å². The van der Waals surface area contributed by atoms with Gasteiger partial charge in [0, 0.05) is 5.56 Å². The van der Waals surface area contributed by atoms with Gasteiger partial charge < -0.3 is 10.1 Å². The number of benzene rings is 4. The molecule has 1 aromatic heterocycles. The topological polar surface area (TPSA) is 85.6 Å². The number of nitrogens with zero attached hydrogens (tertiary/aromatic N) is 3. The van der Waals surface area contributed by atoms with Crippen molar-refractivity contribution in [2.75, 3.05) is 11.9 Å². The van der Waals surface area contributed by atoms with Crippen molar-refractivity contribution in [2.45, 2.75) is 6.18 Å². The van der Waals surface area contributed by atoms with Crippen molar-refractivity contribution in [3.8, 4) is 17.1 Å². The summed E-state index contributed by atoms with van der Waals surface area (Å²) in [6.07, 6.45) is -3.31. The first-order valence-electron chi connectivity index (χ1n) is 12.3. The third-order valence-electron chi connectivity index (χ3n) is 5.99. The van der Waals surface area contributed by atoms with Gasteiger partial charge in [0.25, 0.3) is 11.5 Å². The van der Waals surface area contributed by atoms with Crippen LogP contribution in [0.25, 0.3) is 22.3 Å². The van der Waals surface area contributed by atoms with Gasteiger partial charge in [-0.25, -0.2) is 9.37 Å². The number of anilines is 1. The van der Waals surface area contributed by atoms with Crippen molar-refractivity contribution in [1.82, 2.24) is 9.66 Å². The summed E-state index contributed by atoms with van der Waals surface area (Å²) in [5.74, 6) is -1.13. The second-order valence-electron chi connectivity index (χ2n) is 8.90. The summed E-state index contributed by atoms with van der Waals surface area (Å²) < 4.78 is 60.3. The summed E-state index contributed by atoms with van der Waals surface area (Å²) in [4.78, 5) is 29.9. The van der Waals surface area contributed by atoms with Crippen molar-refractivity contribution < 1.29 is 27.1 Å². The summed E-state index contributed by atoms with van der Waals surface area (Å²) in [6, 6.07) is 21.0. The highest BCUT2D eigenvalue weighted by molar-refractivity contribution is 6.32. The monoisotopic (exact) mass is 594 g/mol. The van der Waals surface area contributed by atoms with Crippen LogP contribution in [0.1, 0.15) is 11.1 Å². The minimum atomic E-state index is -4.60. The summed E-state index contributed by atoms with van der Waals surface area (Å²) in [5, 5.41) is 6.96. The maximum Gasteiger partial charge on any atom is 0.416 e. The van der Waals surface area contributed by atoms with E-state index < -0.39 is 35.6 Å². The number of ether oxygens (including phenoxy) is 1. The highest BCUT2D eigenvalue weighted by Crippen LogP contribution is 2.32. The maximum atomic E-state index is 13.7. The van der Waals surface area contributed by atoms with E-state index in [1.165, 1.54) is 54.7 Å². The Kier molecular flexibility index (Phi) is 8.03. The van der Waals surface area contributed by atoms with E-state index in [1.807, 2.05) is 0 Å². The molecular formula is C30H19ClF4N4O3. The third kappa shape index (κ3) is 6.31. The smallest absolute Gasteiger partial charge is 0.416 e. The van der Waals surface area contributed by atoms with Crippen LogP contribution in [-0.2, 0) is 11.0 Å². The molecule has 1 N–H and O–H groups in total. The molecular weight excluding hydrogens is 576 g/mol. The van der Waals surface area contributed by atoms with Crippen LogP contribution in [0.5, 0.6) is 5.75 Å². The van der Waals surface area contributed by atoms with Crippen LogP contribution in [0, 0.1) is 5.82 Å². The van der Waals surface area contributed by atoms with Gasteiger partial charge in [-0.1, -0.05) is 48.0 Å². The number of carbonyl (C=O) groups excluding carboxylic acids is 1. The lowest BCUT2D eigenvalue weighted by molar-refractivity contribution is -0.137. The van der Waals surface area contributed by atoms with Gasteiger partial charge >= 0.3 is 6.18 Å². The van der Waals surface area contributed by atoms with Gasteiger partial charge in [-0.15, -0.1) is 0 Å². The normalized spacial score (nSPS) is 11.6. The number of hydrogen-bond donors (Lipinski definition) is 1. The number of fused-ring (bicyclic) bond motifs is 1. The van der Waals surface area contributed by atoms with Crippen molar-refractivity contribution >= 4 is 40.3 Å². The lowest BCUT2D eigenvalue weighted by atomic mass is 10.1. The summed E-state index contributed by atoms with van der Waals surface area (Å²) in [6.45, 7) is -0.444. The molecule has 12 heteroatoms. The van der Waals surface area contributed by atoms with Gasteiger partial charge in [0.05, 0.1) is 33.4 Å². The molecule has 212 valence electrons. The number of carbonyl (C=O) groups is 1.